The van der Waals surface area contributed by atoms with E-state index in [-0.39, 0.29) is 18.7 Å². The number of nitrogens with zero attached hydrogens (tertiary/aromatic N) is 2. The Hall–Kier alpha value is -4.05. The van der Waals surface area contributed by atoms with Crippen LogP contribution in [0.1, 0.15) is 57.4 Å². The van der Waals surface area contributed by atoms with Crippen molar-refractivity contribution in [3.8, 4) is 11.5 Å². The molecule has 3 aromatic rings. The Morgan fingerprint density at radius 3 is 2.40 bits per heavy atom. The average molecular weight is 571 g/mol. The van der Waals surface area contributed by atoms with Crippen molar-refractivity contribution in [1.29, 1.82) is 0 Å². The second-order valence-electron chi connectivity index (χ2n) is 9.83. The van der Waals surface area contributed by atoms with E-state index in [4.69, 9.17) is 25.6 Å². The molecule has 40 heavy (non-hydrogen) atoms. The minimum atomic E-state index is -1.18. The molecule has 0 aliphatic heterocycles. The molecule has 3 rings (SSSR count). The molecule has 3 amide bonds. The molecule has 11 heteroatoms. The van der Waals surface area contributed by atoms with Gasteiger partial charge < -0.3 is 24.6 Å². The molecule has 0 aliphatic rings. The van der Waals surface area contributed by atoms with Crippen LogP contribution in [0.3, 0.4) is 0 Å². The monoisotopic (exact) mass is 570 g/mol. The molecule has 0 fully saturated rings. The van der Waals surface area contributed by atoms with Gasteiger partial charge in [-0.25, -0.2) is 0 Å². The van der Waals surface area contributed by atoms with Crippen LogP contribution in [0, 0.1) is 6.92 Å². The number of anilines is 2. The van der Waals surface area contributed by atoms with Crippen molar-refractivity contribution in [2.24, 2.45) is 0 Å². The average Bonchev–Trinajstić information content (AvgIpc) is 3.33. The van der Waals surface area contributed by atoms with Crippen LogP contribution in [-0.4, -0.2) is 42.6 Å². The number of halogens is 1. The number of carbonyl (C=O) groups excluding carboxylic acids is 3. The topological polar surface area (TPSA) is 123 Å². The highest BCUT2D eigenvalue weighted by Gasteiger charge is 2.37. The molecule has 0 saturated heterocycles. The predicted octanol–water partition coefficient (Wildman–Crippen LogP) is 5.45. The van der Waals surface area contributed by atoms with Gasteiger partial charge >= 0.3 is 0 Å². The number of aromatic nitrogens is 1. The van der Waals surface area contributed by atoms with Crippen molar-refractivity contribution >= 4 is 40.8 Å². The normalized spacial score (nSPS) is 11.9. The molecule has 2 aromatic carbocycles. The summed E-state index contributed by atoms with van der Waals surface area (Å²) in [5.41, 5.74) is 0.214. The molecule has 0 spiro atoms. The highest BCUT2D eigenvalue weighted by molar-refractivity contribution is 6.31. The first kappa shape index (κ1) is 30.5. The van der Waals surface area contributed by atoms with Crippen LogP contribution in [0.25, 0.3) is 0 Å². The maximum absolute atomic E-state index is 14.0. The fraction of sp³-hybridized carbons (Fsp3) is 0.379. The summed E-state index contributed by atoms with van der Waals surface area (Å²) in [6.07, 6.45) is 0.280. The molecule has 0 aliphatic carbocycles. The second-order valence-corrected chi connectivity index (χ2v) is 10.3. The van der Waals surface area contributed by atoms with E-state index in [1.54, 1.807) is 55.5 Å². The quantitative estimate of drug-likeness (QED) is 0.297. The summed E-state index contributed by atoms with van der Waals surface area (Å²) < 4.78 is 16.1. The molecular formula is C29H35ClN4O6. The van der Waals surface area contributed by atoms with Gasteiger partial charge in [-0.1, -0.05) is 41.9 Å². The van der Waals surface area contributed by atoms with Gasteiger partial charge in [-0.3, -0.25) is 19.3 Å². The van der Waals surface area contributed by atoms with Gasteiger partial charge in [0, 0.05) is 40.7 Å². The first-order chi connectivity index (χ1) is 19.0. The Morgan fingerprint density at radius 1 is 1.07 bits per heavy atom. The number of amides is 3. The number of hydrogen-bond donors (Lipinski definition) is 2. The maximum atomic E-state index is 14.0. The van der Waals surface area contributed by atoms with E-state index in [0.29, 0.717) is 40.0 Å². The lowest BCUT2D eigenvalue weighted by Gasteiger charge is -2.35. The minimum Gasteiger partial charge on any atom is -0.493 e. The van der Waals surface area contributed by atoms with Crippen molar-refractivity contribution in [1.82, 2.24) is 10.5 Å². The number of hydrogen-bond acceptors (Lipinski definition) is 7. The Kier molecular flexibility index (Phi) is 10.2. The Labute approximate surface area is 238 Å². The van der Waals surface area contributed by atoms with Gasteiger partial charge in [0.2, 0.25) is 17.7 Å². The molecule has 0 saturated carbocycles. The van der Waals surface area contributed by atoms with E-state index >= 15 is 0 Å². The number of aryl methyl sites for hydroxylation is 1. The van der Waals surface area contributed by atoms with E-state index in [9.17, 15) is 14.4 Å². The van der Waals surface area contributed by atoms with Crippen molar-refractivity contribution < 1.29 is 28.4 Å². The summed E-state index contributed by atoms with van der Waals surface area (Å²) in [6.45, 7) is 7.45. The van der Waals surface area contributed by atoms with Crippen molar-refractivity contribution in [2.75, 3.05) is 24.4 Å². The minimum absolute atomic E-state index is 0.161. The molecule has 10 nitrogen and oxygen atoms in total. The summed E-state index contributed by atoms with van der Waals surface area (Å²) in [6, 6.07) is 12.1. The highest BCUT2D eigenvalue weighted by atomic mass is 35.5. The predicted molar refractivity (Wildman–Crippen MR) is 153 cm³/mol. The summed E-state index contributed by atoms with van der Waals surface area (Å²) in [7, 11) is 2.96. The number of ether oxygens (including phenoxy) is 2. The zero-order chi connectivity index (χ0) is 29.4. The van der Waals surface area contributed by atoms with E-state index in [2.05, 4.69) is 15.8 Å². The molecule has 1 aromatic heterocycles. The number of nitrogens with one attached hydrogen (secondary N) is 2. The lowest BCUT2D eigenvalue weighted by molar-refractivity contribution is -0.128. The van der Waals surface area contributed by atoms with E-state index in [1.165, 1.54) is 19.1 Å². The van der Waals surface area contributed by atoms with Crippen LogP contribution in [0.4, 0.5) is 11.5 Å². The van der Waals surface area contributed by atoms with E-state index < -0.39 is 29.3 Å². The van der Waals surface area contributed by atoms with Gasteiger partial charge in [0.1, 0.15) is 11.8 Å². The number of para-hydroxylation sites is 1. The number of benzene rings is 2. The zero-order valence-electron chi connectivity index (χ0n) is 23.5. The summed E-state index contributed by atoms with van der Waals surface area (Å²) in [5, 5.41) is 9.79. The fourth-order valence-corrected chi connectivity index (χ4v) is 4.23. The lowest BCUT2D eigenvalue weighted by Crippen LogP contribution is -2.50. The van der Waals surface area contributed by atoms with Gasteiger partial charge in [0.05, 0.1) is 14.2 Å². The molecular weight excluding hydrogens is 536 g/mol. The van der Waals surface area contributed by atoms with E-state index in [0.717, 1.165) is 0 Å². The van der Waals surface area contributed by atoms with Gasteiger partial charge in [0.15, 0.2) is 17.3 Å². The highest BCUT2D eigenvalue weighted by Crippen LogP contribution is 2.40. The standard InChI is InChI=1S/C29H35ClN4O6/c1-7-29(3,4)32-28(37)26(21-12-9-13-22(38-5)27(21)39-6)34(20-11-8-10-19(30)17-20)25(36)15-14-24(35)31-23-16-18(2)40-33-23/h8-13,16-17,26H,7,14-15H2,1-6H3,(H,32,37)(H,31,33,35)/t26-/m0/s1. The summed E-state index contributed by atoms with van der Waals surface area (Å²) in [5.74, 6) is 0.144. The van der Waals surface area contributed by atoms with Crippen LogP contribution in [0.2, 0.25) is 5.02 Å². The lowest BCUT2D eigenvalue weighted by atomic mass is 9.97. The molecule has 0 unspecified atom stereocenters. The molecule has 0 radical (unpaired) electrons. The molecule has 1 atom stereocenters. The van der Waals surface area contributed by atoms with Crippen molar-refractivity contribution in [3.05, 3.63) is 64.9 Å². The van der Waals surface area contributed by atoms with Crippen LogP contribution in [0.5, 0.6) is 11.5 Å². The number of rotatable bonds is 12. The third-order valence-corrected chi connectivity index (χ3v) is 6.63. The van der Waals surface area contributed by atoms with E-state index in [1.807, 2.05) is 20.8 Å². The number of methoxy groups -OCH3 is 2. The summed E-state index contributed by atoms with van der Waals surface area (Å²) >= 11 is 6.32. The number of carbonyl (C=O) groups is 3. The first-order valence-corrected chi connectivity index (χ1v) is 13.2. The van der Waals surface area contributed by atoms with Crippen LogP contribution in [0.15, 0.2) is 53.1 Å². The van der Waals surface area contributed by atoms with Crippen LogP contribution < -0.4 is 25.0 Å². The first-order valence-electron chi connectivity index (χ1n) is 12.8. The molecule has 0 bridgehead atoms. The molecule has 214 valence electrons. The summed E-state index contributed by atoms with van der Waals surface area (Å²) in [4.78, 5) is 41.9. The largest absolute Gasteiger partial charge is 0.493 e. The SMILES string of the molecule is CCC(C)(C)NC(=O)[C@H](c1cccc(OC)c1OC)N(C(=O)CCC(=O)Nc1cc(C)on1)c1cccc(Cl)c1. The maximum Gasteiger partial charge on any atom is 0.248 e. The third-order valence-electron chi connectivity index (χ3n) is 6.40. The smallest absolute Gasteiger partial charge is 0.248 e. The Morgan fingerprint density at radius 2 is 1.80 bits per heavy atom. The Balaban J connectivity index is 2.07. The molecule has 2 N–H and O–H groups in total. The van der Waals surface area contributed by atoms with Gasteiger partial charge in [-0.2, -0.15) is 0 Å². The third kappa shape index (κ3) is 7.53. The van der Waals surface area contributed by atoms with Gasteiger partial charge in [-0.15, -0.1) is 0 Å². The molecule has 1 heterocycles. The van der Waals surface area contributed by atoms with Crippen molar-refractivity contribution in [2.45, 2.75) is 58.5 Å². The van der Waals surface area contributed by atoms with Crippen molar-refractivity contribution in [3.63, 3.8) is 0 Å². The van der Waals surface area contributed by atoms with Gasteiger partial charge in [0.25, 0.3) is 0 Å². The van der Waals surface area contributed by atoms with Crippen LogP contribution in [-0.2, 0) is 14.4 Å². The van der Waals surface area contributed by atoms with Gasteiger partial charge in [-0.05, 0) is 51.5 Å². The second kappa shape index (κ2) is 13.3. The Bertz CT molecular complexity index is 1360. The van der Waals surface area contributed by atoms with Crippen LogP contribution >= 0.6 is 11.6 Å². The zero-order valence-corrected chi connectivity index (χ0v) is 24.3. The fourth-order valence-electron chi connectivity index (χ4n) is 4.05.